The molecule has 0 radical (unpaired) electrons. The summed E-state index contributed by atoms with van der Waals surface area (Å²) in [5.74, 6) is 0.240. The van der Waals surface area contributed by atoms with Crippen LogP contribution in [0.3, 0.4) is 0 Å². The van der Waals surface area contributed by atoms with Crippen molar-refractivity contribution in [3.8, 4) is 11.1 Å². The number of alkyl carbamates (subject to hydrolysis) is 1. The number of primary amides is 1. The Morgan fingerprint density at radius 1 is 1.21 bits per heavy atom. The number of anilines is 1. The maximum atomic E-state index is 13.2. The van der Waals surface area contributed by atoms with E-state index < -0.39 is 18.6 Å². The summed E-state index contributed by atoms with van der Waals surface area (Å²) in [7, 11) is 0. The lowest BCUT2D eigenvalue weighted by Crippen LogP contribution is -2.39. The van der Waals surface area contributed by atoms with Crippen LogP contribution in [-0.4, -0.2) is 43.2 Å². The number of carbonyl (C=O) groups excluding carboxylic acids is 2. The van der Waals surface area contributed by atoms with Crippen LogP contribution in [0.4, 0.5) is 15.0 Å². The lowest BCUT2D eigenvalue weighted by Gasteiger charge is -2.33. The summed E-state index contributed by atoms with van der Waals surface area (Å²) in [5, 5.41) is 2.67. The second-order valence-electron chi connectivity index (χ2n) is 6.74. The first kappa shape index (κ1) is 19.6. The van der Waals surface area contributed by atoms with Gasteiger partial charge in [-0.3, -0.25) is 4.79 Å². The molecule has 8 heteroatoms. The van der Waals surface area contributed by atoms with E-state index in [2.05, 4.69) is 19.9 Å². The quantitative estimate of drug-likeness (QED) is 0.794. The Bertz CT molecular complexity index is 820. The second kappa shape index (κ2) is 9.16. The third-order valence-electron chi connectivity index (χ3n) is 4.74. The van der Waals surface area contributed by atoms with Crippen LogP contribution in [0.15, 0.2) is 42.6 Å². The van der Waals surface area contributed by atoms with Gasteiger partial charge in [-0.05, 0) is 48.6 Å². The lowest BCUT2D eigenvalue weighted by atomic mass is 9.96. The second-order valence-corrected chi connectivity index (χ2v) is 6.74. The molecule has 0 aliphatic carbocycles. The van der Waals surface area contributed by atoms with Gasteiger partial charge in [-0.15, -0.1) is 0 Å². The van der Waals surface area contributed by atoms with Crippen molar-refractivity contribution in [3.63, 3.8) is 0 Å². The number of pyridine rings is 1. The monoisotopic (exact) mass is 386 g/mol. The zero-order valence-electron chi connectivity index (χ0n) is 15.4. The number of nitrogens with zero attached hydrogens (tertiary/aromatic N) is 2. The number of carbonyl (C=O) groups is 2. The highest BCUT2D eigenvalue weighted by Crippen LogP contribution is 2.31. The van der Waals surface area contributed by atoms with Crippen molar-refractivity contribution >= 4 is 17.8 Å². The zero-order valence-corrected chi connectivity index (χ0v) is 15.4. The fraction of sp³-hybridized carbons (Fsp3) is 0.350. The number of nitrogens with one attached hydrogen (secondary N) is 1. The number of ether oxygens (including phenoxy) is 1. The molecular weight excluding hydrogens is 363 g/mol. The highest BCUT2D eigenvalue weighted by atomic mass is 19.1. The third kappa shape index (κ3) is 5.18. The molecule has 3 rings (SSSR count). The molecule has 0 unspecified atom stereocenters. The Kier molecular flexibility index (Phi) is 6.41. The number of hydrogen-bond acceptors (Lipinski definition) is 5. The van der Waals surface area contributed by atoms with Crippen molar-refractivity contribution in [1.29, 1.82) is 0 Å². The van der Waals surface area contributed by atoms with Crippen molar-refractivity contribution in [3.05, 3.63) is 48.4 Å². The summed E-state index contributed by atoms with van der Waals surface area (Å²) < 4.78 is 17.9. The van der Waals surface area contributed by atoms with E-state index in [1.54, 1.807) is 18.3 Å². The molecule has 0 bridgehead atoms. The van der Waals surface area contributed by atoms with E-state index in [-0.39, 0.29) is 5.82 Å². The standard InChI is InChI=1S/C20H23FN4O3/c21-16-5-3-15(4-6-16)17-2-1-9-23-19(17)25-10-7-14(8-11-25)12-24-20(27)28-13-18(22)26/h1-6,9,14H,7-8,10-13H2,(H2,22,26)(H,24,27). The largest absolute Gasteiger partial charge is 0.439 e. The molecule has 7 nitrogen and oxygen atoms in total. The molecule has 2 aromatic rings. The molecule has 1 aromatic heterocycles. The van der Waals surface area contributed by atoms with Crippen molar-refractivity contribution in [2.75, 3.05) is 31.1 Å². The van der Waals surface area contributed by atoms with Gasteiger partial charge in [0.2, 0.25) is 0 Å². The van der Waals surface area contributed by atoms with E-state index in [4.69, 9.17) is 5.73 Å². The van der Waals surface area contributed by atoms with E-state index in [0.717, 1.165) is 42.9 Å². The van der Waals surface area contributed by atoms with Gasteiger partial charge in [0.25, 0.3) is 5.91 Å². The van der Waals surface area contributed by atoms with Gasteiger partial charge < -0.3 is 20.7 Å². The zero-order chi connectivity index (χ0) is 19.9. The summed E-state index contributed by atoms with van der Waals surface area (Å²) >= 11 is 0. The Morgan fingerprint density at radius 2 is 1.93 bits per heavy atom. The SMILES string of the molecule is NC(=O)COC(=O)NCC1CCN(c2ncccc2-c2ccc(F)cc2)CC1. The van der Waals surface area contributed by atoms with Crippen LogP contribution in [0, 0.1) is 11.7 Å². The van der Waals surface area contributed by atoms with E-state index >= 15 is 0 Å². The maximum absolute atomic E-state index is 13.2. The van der Waals surface area contributed by atoms with Crippen LogP contribution in [0.5, 0.6) is 0 Å². The van der Waals surface area contributed by atoms with Gasteiger partial charge in [0.05, 0.1) is 0 Å². The maximum Gasteiger partial charge on any atom is 0.407 e. The Morgan fingerprint density at radius 3 is 2.61 bits per heavy atom. The predicted molar refractivity (Wildman–Crippen MR) is 103 cm³/mol. The van der Waals surface area contributed by atoms with E-state index in [1.165, 1.54) is 12.1 Å². The number of aromatic nitrogens is 1. The molecule has 3 N–H and O–H groups in total. The number of rotatable bonds is 6. The summed E-state index contributed by atoms with van der Waals surface area (Å²) in [4.78, 5) is 28.9. The number of piperidine rings is 1. The predicted octanol–water partition coefficient (Wildman–Crippen LogP) is 2.32. The van der Waals surface area contributed by atoms with Crippen LogP contribution < -0.4 is 16.0 Å². The van der Waals surface area contributed by atoms with Crippen LogP contribution in [-0.2, 0) is 9.53 Å². The molecule has 28 heavy (non-hydrogen) atoms. The van der Waals surface area contributed by atoms with E-state index in [1.807, 2.05) is 12.1 Å². The van der Waals surface area contributed by atoms with E-state index in [0.29, 0.717) is 12.5 Å². The minimum absolute atomic E-state index is 0.267. The molecule has 2 amide bonds. The summed E-state index contributed by atoms with van der Waals surface area (Å²) in [5.41, 5.74) is 6.83. The number of halogens is 1. The molecule has 1 saturated heterocycles. The molecule has 148 valence electrons. The van der Waals surface area contributed by atoms with Crippen molar-refractivity contribution in [2.24, 2.45) is 11.7 Å². The molecule has 0 spiro atoms. The molecule has 0 atom stereocenters. The van der Waals surface area contributed by atoms with Gasteiger partial charge in [0.15, 0.2) is 6.61 Å². The van der Waals surface area contributed by atoms with Crippen molar-refractivity contribution in [1.82, 2.24) is 10.3 Å². The van der Waals surface area contributed by atoms with Gasteiger partial charge in [-0.2, -0.15) is 0 Å². The lowest BCUT2D eigenvalue weighted by molar-refractivity contribution is -0.120. The average molecular weight is 386 g/mol. The molecule has 0 saturated carbocycles. The molecule has 1 fully saturated rings. The third-order valence-corrected chi connectivity index (χ3v) is 4.74. The first-order chi connectivity index (χ1) is 13.5. The topological polar surface area (TPSA) is 97.6 Å². The first-order valence-electron chi connectivity index (χ1n) is 9.18. The number of hydrogen-bond donors (Lipinski definition) is 2. The van der Waals surface area contributed by atoms with Gasteiger partial charge >= 0.3 is 6.09 Å². The molecule has 1 aromatic carbocycles. The van der Waals surface area contributed by atoms with Gasteiger partial charge in [0.1, 0.15) is 11.6 Å². The van der Waals surface area contributed by atoms with Gasteiger partial charge in [-0.1, -0.05) is 12.1 Å². The number of amides is 2. The fourth-order valence-electron chi connectivity index (χ4n) is 3.27. The Balaban J connectivity index is 1.56. The molecule has 1 aliphatic heterocycles. The molecule has 1 aliphatic rings. The fourth-order valence-corrected chi connectivity index (χ4v) is 3.27. The van der Waals surface area contributed by atoms with Crippen LogP contribution in [0.2, 0.25) is 0 Å². The Hall–Kier alpha value is -3.16. The highest BCUT2D eigenvalue weighted by molar-refractivity contribution is 5.78. The average Bonchev–Trinajstić information content (AvgIpc) is 2.72. The summed E-state index contributed by atoms with van der Waals surface area (Å²) in [6.45, 7) is 1.66. The van der Waals surface area contributed by atoms with Crippen LogP contribution in [0.1, 0.15) is 12.8 Å². The molecular formula is C20H23FN4O3. The van der Waals surface area contributed by atoms with Crippen molar-refractivity contribution in [2.45, 2.75) is 12.8 Å². The number of benzene rings is 1. The first-order valence-corrected chi connectivity index (χ1v) is 9.18. The minimum atomic E-state index is -0.684. The van der Waals surface area contributed by atoms with E-state index in [9.17, 15) is 14.0 Å². The van der Waals surface area contributed by atoms with Crippen LogP contribution >= 0.6 is 0 Å². The highest BCUT2D eigenvalue weighted by Gasteiger charge is 2.23. The van der Waals surface area contributed by atoms with Gasteiger partial charge in [0, 0.05) is 31.4 Å². The van der Waals surface area contributed by atoms with Crippen molar-refractivity contribution < 1.29 is 18.7 Å². The van der Waals surface area contributed by atoms with Gasteiger partial charge in [-0.25, -0.2) is 14.2 Å². The van der Waals surface area contributed by atoms with Crippen LogP contribution in [0.25, 0.3) is 11.1 Å². The normalized spacial score (nSPS) is 14.5. The molecule has 2 heterocycles. The number of nitrogens with two attached hydrogens (primary N) is 1. The Labute approximate surface area is 162 Å². The summed E-state index contributed by atoms with van der Waals surface area (Å²) in [6.07, 6.45) is 2.89. The summed E-state index contributed by atoms with van der Waals surface area (Å²) in [6, 6.07) is 10.3. The minimum Gasteiger partial charge on any atom is -0.439 e. The smallest absolute Gasteiger partial charge is 0.407 e.